The monoisotopic (exact) mass is 242 g/mol. The summed E-state index contributed by atoms with van der Waals surface area (Å²) in [6.07, 6.45) is 1.71. The van der Waals surface area contributed by atoms with Crippen molar-refractivity contribution in [2.75, 3.05) is 20.3 Å². The zero-order chi connectivity index (χ0) is 12.0. The number of halogens is 1. The molecule has 4 heteroatoms. The van der Waals surface area contributed by atoms with Crippen LogP contribution in [-0.2, 0) is 11.3 Å². The molecule has 1 heterocycles. The highest BCUT2D eigenvalue weighted by Gasteiger charge is 2.13. The predicted molar refractivity (Wildman–Crippen MR) is 66.7 cm³/mol. The molecule has 0 fully saturated rings. The molecule has 0 saturated carbocycles. The number of rotatable bonds is 6. The summed E-state index contributed by atoms with van der Waals surface area (Å²) in [5.74, 6) is 0. The molecule has 0 saturated heterocycles. The van der Waals surface area contributed by atoms with Crippen molar-refractivity contribution in [1.29, 1.82) is 0 Å². The van der Waals surface area contributed by atoms with Crippen LogP contribution in [0.4, 0.5) is 0 Å². The second-order valence-electron chi connectivity index (χ2n) is 3.82. The summed E-state index contributed by atoms with van der Waals surface area (Å²) in [5, 5.41) is 0.588. The first-order valence-electron chi connectivity index (χ1n) is 5.51. The fourth-order valence-electron chi connectivity index (χ4n) is 1.68. The van der Waals surface area contributed by atoms with Crippen LogP contribution in [0.15, 0.2) is 18.3 Å². The SMILES string of the molecule is CCN(Cc1cccnc1Cl)C(C)COC. The van der Waals surface area contributed by atoms with Crippen molar-refractivity contribution in [2.24, 2.45) is 0 Å². The minimum atomic E-state index is 0.381. The van der Waals surface area contributed by atoms with Gasteiger partial charge >= 0.3 is 0 Å². The lowest BCUT2D eigenvalue weighted by atomic mass is 10.2. The third-order valence-electron chi connectivity index (χ3n) is 2.65. The number of ether oxygens (including phenoxy) is 1. The Bertz CT molecular complexity index is 320. The van der Waals surface area contributed by atoms with Gasteiger partial charge in [-0.1, -0.05) is 24.6 Å². The van der Waals surface area contributed by atoms with Gasteiger partial charge in [-0.15, -0.1) is 0 Å². The van der Waals surface area contributed by atoms with Gasteiger partial charge in [-0.2, -0.15) is 0 Å². The maximum Gasteiger partial charge on any atom is 0.133 e. The average Bonchev–Trinajstić information content (AvgIpc) is 2.28. The Balaban J connectivity index is 2.66. The lowest BCUT2D eigenvalue weighted by molar-refractivity contribution is 0.0981. The van der Waals surface area contributed by atoms with E-state index < -0.39 is 0 Å². The van der Waals surface area contributed by atoms with Crippen LogP contribution in [0.1, 0.15) is 19.4 Å². The summed E-state index contributed by atoms with van der Waals surface area (Å²) >= 11 is 6.04. The fourth-order valence-corrected chi connectivity index (χ4v) is 1.86. The first kappa shape index (κ1) is 13.4. The molecule has 1 rings (SSSR count). The first-order valence-corrected chi connectivity index (χ1v) is 5.89. The minimum absolute atomic E-state index is 0.381. The van der Waals surface area contributed by atoms with E-state index in [-0.39, 0.29) is 0 Å². The summed E-state index contributed by atoms with van der Waals surface area (Å²) in [6.45, 7) is 6.79. The number of likely N-dealkylation sites (N-methyl/N-ethyl adjacent to an activating group) is 1. The average molecular weight is 243 g/mol. The highest BCUT2D eigenvalue weighted by atomic mass is 35.5. The van der Waals surface area contributed by atoms with E-state index in [1.807, 2.05) is 12.1 Å². The minimum Gasteiger partial charge on any atom is -0.383 e. The van der Waals surface area contributed by atoms with Crippen LogP contribution in [0.3, 0.4) is 0 Å². The smallest absolute Gasteiger partial charge is 0.133 e. The second kappa shape index (κ2) is 6.84. The molecule has 1 aromatic rings. The van der Waals surface area contributed by atoms with Crippen LogP contribution in [0.5, 0.6) is 0 Å². The van der Waals surface area contributed by atoms with Gasteiger partial charge in [-0.05, 0) is 19.5 Å². The first-order chi connectivity index (χ1) is 7.69. The Morgan fingerprint density at radius 3 is 2.88 bits per heavy atom. The van der Waals surface area contributed by atoms with E-state index in [1.165, 1.54) is 0 Å². The zero-order valence-corrected chi connectivity index (χ0v) is 10.9. The number of pyridine rings is 1. The highest BCUT2D eigenvalue weighted by molar-refractivity contribution is 6.30. The Labute approximate surface area is 102 Å². The molecule has 1 unspecified atom stereocenters. The van der Waals surface area contributed by atoms with Crippen molar-refractivity contribution in [3.8, 4) is 0 Å². The molecule has 0 bridgehead atoms. The van der Waals surface area contributed by atoms with Crippen molar-refractivity contribution in [3.05, 3.63) is 29.0 Å². The number of hydrogen-bond acceptors (Lipinski definition) is 3. The van der Waals surface area contributed by atoms with Gasteiger partial charge in [0.1, 0.15) is 5.15 Å². The molecule has 0 spiro atoms. The van der Waals surface area contributed by atoms with Crippen LogP contribution in [0, 0.1) is 0 Å². The third-order valence-corrected chi connectivity index (χ3v) is 2.99. The van der Waals surface area contributed by atoms with Crippen LogP contribution >= 0.6 is 11.6 Å². The van der Waals surface area contributed by atoms with E-state index in [0.29, 0.717) is 11.2 Å². The molecule has 16 heavy (non-hydrogen) atoms. The van der Waals surface area contributed by atoms with Crippen molar-refractivity contribution >= 4 is 11.6 Å². The molecule has 0 aliphatic rings. The van der Waals surface area contributed by atoms with Gasteiger partial charge in [-0.3, -0.25) is 4.90 Å². The summed E-state index contributed by atoms with van der Waals surface area (Å²) in [7, 11) is 1.72. The molecule has 1 atom stereocenters. The maximum atomic E-state index is 6.04. The number of hydrogen-bond donors (Lipinski definition) is 0. The number of methoxy groups -OCH3 is 1. The van der Waals surface area contributed by atoms with Gasteiger partial charge in [0.2, 0.25) is 0 Å². The Kier molecular flexibility index (Phi) is 5.74. The highest BCUT2D eigenvalue weighted by Crippen LogP contribution is 2.15. The van der Waals surface area contributed by atoms with Crippen molar-refractivity contribution in [1.82, 2.24) is 9.88 Å². The quantitative estimate of drug-likeness (QED) is 0.717. The second-order valence-corrected chi connectivity index (χ2v) is 4.18. The van der Waals surface area contributed by atoms with E-state index in [9.17, 15) is 0 Å². The van der Waals surface area contributed by atoms with Crippen molar-refractivity contribution in [2.45, 2.75) is 26.4 Å². The van der Waals surface area contributed by atoms with Gasteiger partial charge in [0.15, 0.2) is 0 Å². The number of aromatic nitrogens is 1. The van der Waals surface area contributed by atoms with E-state index in [1.54, 1.807) is 13.3 Å². The summed E-state index contributed by atoms with van der Waals surface area (Å²) < 4.78 is 5.16. The summed E-state index contributed by atoms with van der Waals surface area (Å²) in [4.78, 5) is 6.39. The van der Waals surface area contributed by atoms with Gasteiger partial charge in [-0.25, -0.2) is 4.98 Å². The molecular formula is C12H19ClN2O. The van der Waals surface area contributed by atoms with E-state index in [4.69, 9.17) is 16.3 Å². The van der Waals surface area contributed by atoms with Gasteiger partial charge in [0, 0.05) is 31.5 Å². The van der Waals surface area contributed by atoms with E-state index in [2.05, 4.69) is 23.7 Å². The molecule has 0 N–H and O–H groups in total. The van der Waals surface area contributed by atoms with Crippen LogP contribution < -0.4 is 0 Å². The van der Waals surface area contributed by atoms with E-state index >= 15 is 0 Å². The number of nitrogens with zero attached hydrogens (tertiary/aromatic N) is 2. The van der Waals surface area contributed by atoms with Gasteiger partial charge in [0.25, 0.3) is 0 Å². The molecule has 0 aliphatic carbocycles. The third kappa shape index (κ3) is 3.74. The Morgan fingerprint density at radius 1 is 1.56 bits per heavy atom. The maximum absolute atomic E-state index is 6.04. The van der Waals surface area contributed by atoms with Crippen LogP contribution in [-0.4, -0.2) is 36.2 Å². The topological polar surface area (TPSA) is 25.4 Å². The van der Waals surface area contributed by atoms with Crippen molar-refractivity contribution in [3.63, 3.8) is 0 Å². The van der Waals surface area contributed by atoms with Gasteiger partial charge < -0.3 is 4.74 Å². The predicted octanol–water partition coefficient (Wildman–Crippen LogP) is 2.59. The lowest BCUT2D eigenvalue weighted by Gasteiger charge is -2.27. The lowest BCUT2D eigenvalue weighted by Crippen LogP contribution is -2.35. The summed E-state index contributed by atoms with van der Waals surface area (Å²) in [5.41, 5.74) is 1.06. The summed E-state index contributed by atoms with van der Waals surface area (Å²) in [6, 6.07) is 4.30. The van der Waals surface area contributed by atoms with E-state index in [0.717, 1.165) is 25.3 Å². The molecule has 3 nitrogen and oxygen atoms in total. The molecule has 1 aromatic heterocycles. The molecule has 0 aliphatic heterocycles. The molecule has 0 radical (unpaired) electrons. The largest absolute Gasteiger partial charge is 0.383 e. The zero-order valence-electron chi connectivity index (χ0n) is 10.1. The Morgan fingerprint density at radius 2 is 2.31 bits per heavy atom. The normalized spacial score (nSPS) is 13.1. The molecule has 0 aromatic carbocycles. The van der Waals surface area contributed by atoms with Crippen LogP contribution in [0.2, 0.25) is 5.15 Å². The standard InChI is InChI=1S/C12H19ClN2O/c1-4-15(10(2)9-16-3)8-11-6-5-7-14-12(11)13/h5-7,10H,4,8-9H2,1-3H3. The Hall–Kier alpha value is -0.640. The van der Waals surface area contributed by atoms with Crippen molar-refractivity contribution < 1.29 is 4.74 Å². The fraction of sp³-hybridized carbons (Fsp3) is 0.583. The molecule has 0 amide bonds. The van der Waals surface area contributed by atoms with Gasteiger partial charge in [0.05, 0.1) is 6.61 Å². The van der Waals surface area contributed by atoms with Crippen LogP contribution in [0.25, 0.3) is 0 Å². The molecular weight excluding hydrogens is 224 g/mol. The molecule has 90 valence electrons.